The number of aromatic nitrogens is 3. The van der Waals surface area contributed by atoms with E-state index in [2.05, 4.69) is 19.3 Å². The van der Waals surface area contributed by atoms with E-state index in [1.807, 2.05) is 18.5 Å². The molecule has 1 saturated carbocycles. The number of benzene rings is 1. The lowest BCUT2D eigenvalue weighted by atomic mass is 9.86. The number of nitrogens with zero attached hydrogens (tertiary/aromatic N) is 3. The van der Waals surface area contributed by atoms with E-state index in [0.717, 1.165) is 47.6 Å². The van der Waals surface area contributed by atoms with Crippen LogP contribution in [0.15, 0.2) is 24.7 Å². The van der Waals surface area contributed by atoms with Crippen molar-refractivity contribution < 1.29 is 17.9 Å². The van der Waals surface area contributed by atoms with Crippen molar-refractivity contribution in [1.29, 1.82) is 0 Å². The molecule has 4 rings (SSSR count). The van der Waals surface area contributed by atoms with E-state index in [4.69, 9.17) is 14.6 Å². The second-order valence-electron chi connectivity index (χ2n) is 7.44. The van der Waals surface area contributed by atoms with Gasteiger partial charge < -0.3 is 14.0 Å². The summed E-state index contributed by atoms with van der Waals surface area (Å²) in [7, 11) is -0.417. The fraction of sp³-hybridized carbons (Fsp3) is 0.474. The highest BCUT2D eigenvalue weighted by Crippen LogP contribution is 2.38. The second-order valence-corrected chi connectivity index (χ2v) is 8.81. The van der Waals surface area contributed by atoms with Crippen molar-refractivity contribution in [3.05, 3.63) is 24.7 Å². The van der Waals surface area contributed by atoms with Crippen molar-refractivity contribution >= 4 is 32.1 Å². The van der Waals surface area contributed by atoms with Gasteiger partial charge in [-0.15, -0.1) is 0 Å². The molecule has 0 amide bonds. The molecule has 0 bridgehead atoms. The lowest BCUT2D eigenvalue weighted by molar-refractivity contribution is 0.279. The van der Waals surface area contributed by atoms with Crippen LogP contribution in [-0.4, -0.2) is 43.7 Å². The molecule has 0 aliphatic heterocycles. The van der Waals surface area contributed by atoms with Crippen LogP contribution in [0.5, 0.6) is 11.5 Å². The van der Waals surface area contributed by atoms with Crippen LogP contribution in [0, 0.1) is 5.92 Å². The maximum Gasteiger partial charge on any atom is 0.274 e. The molecule has 1 aliphatic rings. The Kier molecular flexibility index (Phi) is 5.32. The number of nitrogens with two attached hydrogens (primary N) is 1. The Morgan fingerprint density at radius 3 is 2.45 bits per heavy atom. The van der Waals surface area contributed by atoms with E-state index in [9.17, 15) is 8.42 Å². The SMILES string of the molecule is COc1cc2ncc3ncn([C@H]4CC[C@H](CNS(N)(=O)=O)CC4)c3c2cc1OC. The maximum absolute atomic E-state index is 11.1. The monoisotopic (exact) mass is 419 g/mol. The summed E-state index contributed by atoms with van der Waals surface area (Å²) in [6.45, 7) is 0.389. The molecule has 0 spiro atoms. The Morgan fingerprint density at radius 1 is 1.10 bits per heavy atom. The molecule has 0 saturated heterocycles. The highest BCUT2D eigenvalue weighted by molar-refractivity contribution is 7.87. The van der Waals surface area contributed by atoms with Crippen LogP contribution in [0.2, 0.25) is 0 Å². The summed E-state index contributed by atoms with van der Waals surface area (Å²) in [5.41, 5.74) is 2.69. The lowest BCUT2D eigenvalue weighted by Gasteiger charge is -2.29. The summed E-state index contributed by atoms with van der Waals surface area (Å²) in [6.07, 6.45) is 7.39. The van der Waals surface area contributed by atoms with Gasteiger partial charge in [0.1, 0.15) is 5.52 Å². The number of hydrogen-bond donors (Lipinski definition) is 2. The van der Waals surface area contributed by atoms with Gasteiger partial charge in [0.25, 0.3) is 10.2 Å². The first-order valence-corrected chi connectivity index (χ1v) is 11.1. The molecule has 2 aromatic heterocycles. The number of ether oxygens (including phenoxy) is 2. The van der Waals surface area contributed by atoms with Gasteiger partial charge in [-0.25, -0.2) is 14.8 Å². The van der Waals surface area contributed by atoms with E-state index >= 15 is 0 Å². The Balaban J connectivity index is 1.64. The fourth-order valence-corrected chi connectivity index (χ4v) is 4.65. The van der Waals surface area contributed by atoms with Gasteiger partial charge in [0, 0.05) is 24.0 Å². The van der Waals surface area contributed by atoms with E-state index in [1.165, 1.54) is 0 Å². The number of fused-ring (bicyclic) bond motifs is 3. The molecular weight excluding hydrogens is 394 g/mol. The van der Waals surface area contributed by atoms with Crippen LogP contribution < -0.4 is 19.3 Å². The summed E-state index contributed by atoms with van der Waals surface area (Å²) in [5, 5.41) is 6.01. The molecule has 1 fully saturated rings. The van der Waals surface area contributed by atoms with Gasteiger partial charge in [-0.05, 0) is 37.7 Å². The first kappa shape index (κ1) is 19.9. The molecule has 1 aromatic carbocycles. The smallest absolute Gasteiger partial charge is 0.274 e. The maximum atomic E-state index is 11.1. The van der Waals surface area contributed by atoms with Gasteiger partial charge in [0.05, 0.1) is 37.8 Å². The molecule has 0 unspecified atom stereocenters. The molecule has 156 valence electrons. The third kappa shape index (κ3) is 4.00. The molecule has 3 aromatic rings. The molecule has 29 heavy (non-hydrogen) atoms. The first-order valence-electron chi connectivity index (χ1n) is 9.54. The number of methoxy groups -OCH3 is 2. The minimum atomic E-state index is -3.64. The van der Waals surface area contributed by atoms with Gasteiger partial charge in [0.2, 0.25) is 0 Å². The van der Waals surface area contributed by atoms with Gasteiger partial charge in [-0.1, -0.05) is 0 Å². The predicted molar refractivity (Wildman–Crippen MR) is 110 cm³/mol. The number of pyridine rings is 1. The van der Waals surface area contributed by atoms with Crippen LogP contribution in [0.4, 0.5) is 0 Å². The summed E-state index contributed by atoms with van der Waals surface area (Å²) in [5.74, 6) is 1.59. The Morgan fingerprint density at radius 2 is 1.79 bits per heavy atom. The van der Waals surface area contributed by atoms with Crippen molar-refractivity contribution in [3.63, 3.8) is 0 Å². The zero-order chi connectivity index (χ0) is 20.6. The standard InChI is InChI=1S/C19H25N5O4S/c1-27-17-7-14-15(8-18(17)28-2)21-10-16-19(14)24(11-22-16)13-5-3-12(4-6-13)9-23-29(20,25)26/h7-8,10-13,23H,3-6,9H2,1-2H3,(H2,20,25,26)/t12-,13-. The van der Waals surface area contributed by atoms with Gasteiger partial charge >= 0.3 is 0 Å². The highest BCUT2D eigenvalue weighted by Gasteiger charge is 2.25. The molecular formula is C19H25N5O4S. The Labute approximate surface area is 169 Å². The minimum absolute atomic E-state index is 0.294. The largest absolute Gasteiger partial charge is 0.493 e. The fourth-order valence-electron chi connectivity index (χ4n) is 4.18. The van der Waals surface area contributed by atoms with Crippen molar-refractivity contribution in [2.24, 2.45) is 11.1 Å². The minimum Gasteiger partial charge on any atom is -0.493 e. The number of imidazole rings is 1. The van der Waals surface area contributed by atoms with Gasteiger partial charge in [0.15, 0.2) is 11.5 Å². The van der Waals surface area contributed by atoms with Gasteiger partial charge in [-0.3, -0.25) is 4.98 Å². The normalized spacial score (nSPS) is 20.2. The van der Waals surface area contributed by atoms with E-state index < -0.39 is 10.2 Å². The van der Waals surface area contributed by atoms with Crippen molar-refractivity contribution in [2.45, 2.75) is 31.7 Å². The predicted octanol–water partition coefficient (Wildman–Crippen LogP) is 2.13. The van der Waals surface area contributed by atoms with Crippen LogP contribution in [0.1, 0.15) is 31.7 Å². The zero-order valence-electron chi connectivity index (χ0n) is 16.5. The molecule has 1 aliphatic carbocycles. The van der Waals surface area contributed by atoms with E-state index in [1.54, 1.807) is 20.4 Å². The summed E-state index contributed by atoms with van der Waals surface area (Å²) in [6, 6.07) is 4.12. The number of nitrogens with one attached hydrogen (secondary N) is 1. The molecule has 3 N–H and O–H groups in total. The summed E-state index contributed by atoms with van der Waals surface area (Å²) >= 11 is 0. The van der Waals surface area contributed by atoms with Crippen LogP contribution in [0.3, 0.4) is 0 Å². The Hall–Kier alpha value is -2.43. The summed E-state index contributed by atoms with van der Waals surface area (Å²) in [4.78, 5) is 9.07. The van der Waals surface area contributed by atoms with Crippen molar-refractivity contribution in [1.82, 2.24) is 19.3 Å². The third-order valence-corrected chi connectivity index (χ3v) is 6.26. The second kappa shape index (κ2) is 7.77. The third-order valence-electron chi connectivity index (χ3n) is 5.69. The van der Waals surface area contributed by atoms with E-state index in [-0.39, 0.29) is 0 Å². The first-order chi connectivity index (χ1) is 13.9. The summed E-state index contributed by atoms with van der Waals surface area (Å²) < 4.78 is 37.8. The molecule has 2 heterocycles. The van der Waals surface area contributed by atoms with Crippen LogP contribution >= 0.6 is 0 Å². The van der Waals surface area contributed by atoms with E-state index in [0.29, 0.717) is 30.0 Å². The topological polar surface area (TPSA) is 121 Å². The average molecular weight is 420 g/mol. The molecule has 0 radical (unpaired) electrons. The van der Waals surface area contributed by atoms with Gasteiger partial charge in [-0.2, -0.15) is 8.42 Å². The molecule has 10 heteroatoms. The number of rotatable bonds is 6. The lowest BCUT2D eigenvalue weighted by Crippen LogP contribution is -2.36. The average Bonchev–Trinajstić information content (AvgIpc) is 3.15. The Bertz CT molecular complexity index is 1140. The highest BCUT2D eigenvalue weighted by atomic mass is 32.2. The molecule has 0 atom stereocenters. The zero-order valence-corrected chi connectivity index (χ0v) is 17.3. The van der Waals surface area contributed by atoms with Crippen LogP contribution in [-0.2, 0) is 10.2 Å². The van der Waals surface area contributed by atoms with Crippen LogP contribution in [0.25, 0.3) is 21.9 Å². The molecule has 9 nitrogen and oxygen atoms in total. The number of hydrogen-bond acceptors (Lipinski definition) is 6. The quantitative estimate of drug-likeness (QED) is 0.631. The van der Waals surface area contributed by atoms with Crippen molar-refractivity contribution in [2.75, 3.05) is 20.8 Å². The van der Waals surface area contributed by atoms with Crippen molar-refractivity contribution in [3.8, 4) is 11.5 Å².